The molecule has 1 aromatic heterocycles. The van der Waals surface area contributed by atoms with E-state index in [0.717, 1.165) is 56.0 Å². The van der Waals surface area contributed by atoms with E-state index in [9.17, 15) is 4.79 Å². The van der Waals surface area contributed by atoms with Crippen LogP contribution in [0.15, 0.2) is 66.9 Å². The summed E-state index contributed by atoms with van der Waals surface area (Å²) in [6.45, 7) is 10.4. The van der Waals surface area contributed by atoms with Crippen molar-refractivity contribution >= 4 is 28.9 Å². The highest BCUT2D eigenvalue weighted by Gasteiger charge is 2.20. The molecule has 3 aromatic carbocycles. The number of carbonyl (C=O) groups is 1. The van der Waals surface area contributed by atoms with Crippen LogP contribution in [0.5, 0.6) is 17.4 Å². The van der Waals surface area contributed by atoms with E-state index in [2.05, 4.69) is 30.4 Å². The molecule has 48 heavy (non-hydrogen) atoms. The van der Waals surface area contributed by atoms with Gasteiger partial charge in [-0.15, -0.1) is 0 Å². The van der Waals surface area contributed by atoms with E-state index in [1.165, 1.54) is 31.5 Å². The zero-order valence-corrected chi connectivity index (χ0v) is 27.6. The molecule has 2 aliphatic rings. The average molecular weight is 655 g/mol. The maximum atomic E-state index is 15.0. The highest BCUT2D eigenvalue weighted by molar-refractivity contribution is 6.06. The summed E-state index contributed by atoms with van der Waals surface area (Å²) in [7, 11) is 0. The zero-order valence-electron chi connectivity index (χ0n) is 27.6. The SMILES string of the molecule is Cc1cccc(C)c1NC(=O)c1cnc(Nc2ccc(OCCCN3CCCCC3)c(F)c2)nc1Oc1cccc(N2CCOCC2)c1. The lowest BCUT2D eigenvalue weighted by Gasteiger charge is -2.29. The molecule has 0 radical (unpaired) electrons. The number of halogens is 1. The number of hydrogen-bond donors (Lipinski definition) is 2. The minimum Gasteiger partial charge on any atom is -0.490 e. The van der Waals surface area contributed by atoms with Gasteiger partial charge < -0.3 is 34.6 Å². The van der Waals surface area contributed by atoms with Crippen molar-refractivity contribution in [1.29, 1.82) is 0 Å². The van der Waals surface area contributed by atoms with Gasteiger partial charge in [-0.3, -0.25) is 4.79 Å². The van der Waals surface area contributed by atoms with Crippen molar-refractivity contribution in [3.63, 3.8) is 0 Å². The Morgan fingerprint density at radius 1 is 0.958 bits per heavy atom. The number of anilines is 4. The predicted octanol–water partition coefficient (Wildman–Crippen LogP) is 7.11. The molecular weight excluding hydrogens is 611 g/mol. The molecule has 3 heterocycles. The van der Waals surface area contributed by atoms with Gasteiger partial charge in [0.15, 0.2) is 11.6 Å². The smallest absolute Gasteiger partial charge is 0.262 e. The molecule has 2 N–H and O–H groups in total. The highest BCUT2D eigenvalue weighted by atomic mass is 19.1. The zero-order chi connectivity index (χ0) is 33.3. The first-order valence-corrected chi connectivity index (χ1v) is 16.7. The summed E-state index contributed by atoms with van der Waals surface area (Å²) < 4.78 is 32.5. The van der Waals surface area contributed by atoms with Gasteiger partial charge in [-0.25, -0.2) is 9.37 Å². The Kier molecular flexibility index (Phi) is 11.0. The molecule has 2 aliphatic heterocycles. The van der Waals surface area contributed by atoms with E-state index in [1.54, 1.807) is 12.1 Å². The van der Waals surface area contributed by atoms with Gasteiger partial charge in [-0.2, -0.15) is 4.98 Å². The molecule has 0 atom stereocenters. The number of likely N-dealkylation sites (tertiary alicyclic amines) is 1. The van der Waals surface area contributed by atoms with Gasteiger partial charge in [0.2, 0.25) is 11.8 Å². The minimum atomic E-state index is -0.487. The number of benzene rings is 3. The Labute approximate surface area is 281 Å². The van der Waals surface area contributed by atoms with E-state index < -0.39 is 11.7 Å². The van der Waals surface area contributed by atoms with E-state index >= 15 is 4.39 Å². The number of hydrogen-bond acceptors (Lipinski definition) is 9. The molecule has 2 saturated heterocycles. The number of morpholine rings is 1. The van der Waals surface area contributed by atoms with Crippen LogP contribution in [0.3, 0.4) is 0 Å². The first-order valence-electron chi connectivity index (χ1n) is 16.7. The number of rotatable bonds is 12. The van der Waals surface area contributed by atoms with Crippen molar-refractivity contribution in [2.75, 3.05) is 68.1 Å². The van der Waals surface area contributed by atoms with Gasteiger partial charge in [-0.1, -0.05) is 30.7 Å². The quantitative estimate of drug-likeness (QED) is 0.155. The lowest BCUT2D eigenvalue weighted by Crippen LogP contribution is -2.36. The molecule has 4 aromatic rings. The van der Waals surface area contributed by atoms with Gasteiger partial charge in [0.25, 0.3) is 5.91 Å². The molecule has 2 fully saturated rings. The fourth-order valence-corrected chi connectivity index (χ4v) is 6.01. The second kappa shape index (κ2) is 15.9. The standard InChI is InChI=1S/C37H43FN6O4/c1-26-9-6-10-27(2)34(26)41-35(45)31-25-39-37(42-36(31)48-30-12-7-11-29(24-30)44-18-21-46-22-19-44)40-28-13-14-33(32(38)23-28)47-20-8-17-43-15-4-3-5-16-43/h6-7,9-14,23-25H,3-5,8,15-22H2,1-2H3,(H,41,45)(H,39,40,42). The minimum absolute atomic E-state index is 0.0597. The molecule has 0 aliphatic carbocycles. The first-order chi connectivity index (χ1) is 23.4. The number of nitrogens with one attached hydrogen (secondary N) is 2. The number of carbonyl (C=O) groups excluding carboxylic acids is 1. The van der Waals surface area contributed by atoms with Gasteiger partial charge in [0.05, 0.1) is 19.8 Å². The number of aryl methyl sites for hydroxylation is 2. The third-order valence-corrected chi connectivity index (χ3v) is 8.64. The first kappa shape index (κ1) is 33.2. The van der Waals surface area contributed by atoms with Crippen molar-refractivity contribution in [1.82, 2.24) is 14.9 Å². The van der Waals surface area contributed by atoms with E-state index in [-0.39, 0.29) is 23.1 Å². The second-order valence-corrected chi connectivity index (χ2v) is 12.2. The number of piperidine rings is 1. The van der Waals surface area contributed by atoms with Crippen LogP contribution in [0.4, 0.5) is 27.4 Å². The number of aromatic nitrogens is 2. The molecule has 252 valence electrons. The fraction of sp³-hybridized carbons (Fsp3) is 0.378. The van der Waals surface area contributed by atoms with E-state index in [1.807, 2.05) is 56.3 Å². The summed E-state index contributed by atoms with van der Waals surface area (Å²) in [4.78, 5) is 27.2. The van der Waals surface area contributed by atoms with Crippen molar-refractivity contribution in [3.8, 4) is 17.4 Å². The lowest BCUT2D eigenvalue weighted by atomic mass is 10.1. The number of para-hydroxylation sites is 1. The lowest BCUT2D eigenvalue weighted by molar-refractivity contribution is 0.102. The summed E-state index contributed by atoms with van der Waals surface area (Å²) in [6, 6.07) is 18.1. The normalized spacial score (nSPS) is 15.2. The molecule has 0 unspecified atom stereocenters. The predicted molar refractivity (Wildman–Crippen MR) is 186 cm³/mol. The van der Waals surface area contributed by atoms with Crippen LogP contribution in [0.2, 0.25) is 0 Å². The van der Waals surface area contributed by atoms with Crippen LogP contribution < -0.4 is 25.0 Å². The van der Waals surface area contributed by atoms with Crippen LogP contribution in [0.25, 0.3) is 0 Å². The third-order valence-electron chi connectivity index (χ3n) is 8.64. The van der Waals surface area contributed by atoms with Crippen LogP contribution in [-0.4, -0.2) is 73.3 Å². The Balaban J connectivity index is 1.19. The molecule has 10 nitrogen and oxygen atoms in total. The Bertz CT molecular complexity index is 1690. The largest absolute Gasteiger partial charge is 0.490 e. The Morgan fingerprint density at radius 3 is 2.50 bits per heavy atom. The van der Waals surface area contributed by atoms with E-state index in [0.29, 0.717) is 36.9 Å². The maximum absolute atomic E-state index is 15.0. The number of amides is 1. The molecular formula is C37H43FN6O4. The van der Waals surface area contributed by atoms with Crippen molar-refractivity contribution in [3.05, 3.63) is 89.4 Å². The van der Waals surface area contributed by atoms with Crippen molar-refractivity contribution < 1.29 is 23.4 Å². The monoisotopic (exact) mass is 654 g/mol. The molecule has 0 bridgehead atoms. The maximum Gasteiger partial charge on any atom is 0.262 e. The summed E-state index contributed by atoms with van der Waals surface area (Å²) >= 11 is 0. The number of nitrogens with zero attached hydrogens (tertiary/aromatic N) is 4. The number of ether oxygens (including phenoxy) is 3. The second-order valence-electron chi connectivity index (χ2n) is 12.2. The third kappa shape index (κ3) is 8.59. The van der Waals surface area contributed by atoms with Gasteiger partial charge >= 0.3 is 0 Å². The fourth-order valence-electron chi connectivity index (χ4n) is 6.01. The summed E-state index contributed by atoms with van der Waals surface area (Å²) in [6.07, 6.45) is 6.04. The highest BCUT2D eigenvalue weighted by Crippen LogP contribution is 2.31. The Hall–Kier alpha value is -4.74. The van der Waals surface area contributed by atoms with Crippen LogP contribution >= 0.6 is 0 Å². The summed E-state index contributed by atoms with van der Waals surface area (Å²) in [5.41, 5.74) is 4.14. The average Bonchev–Trinajstić information content (AvgIpc) is 3.10. The van der Waals surface area contributed by atoms with Crippen molar-refractivity contribution in [2.24, 2.45) is 0 Å². The molecule has 6 rings (SSSR count). The van der Waals surface area contributed by atoms with Crippen LogP contribution in [-0.2, 0) is 4.74 Å². The Morgan fingerprint density at radius 2 is 1.73 bits per heavy atom. The van der Waals surface area contributed by atoms with Gasteiger partial charge in [0, 0.05) is 55.0 Å². The summed E-state index contributed by atoms with van der Waals surface area (Å²) in [5.74, 6) is 0.0162. The van der Waals surface area contributed by atoms with Crippen LogP contribution in [0, 0.1) is 19.7 Å². The van der Waals surface area contributed by atoms with Crippen molar-refractivity contribution in [2.45, 2.75) is 39.5 Å². The van der Waals surface area contributed by atoms with Gasteiger partial charge in [0.1, 0.15) is 11.3 Å². The van der Waals surface area contributed by atoms with Gasteiger partial charge in [-0.05, 0) is 81.6 Å². The molecule has 0 saturated carbocycles. The molecule has 1 amide bonds. The van der Waals surface area contributed by atoms with E-state index in [4.69, 9.17) is 14.2 Å². The topological polar surface area (TPSA) is 101 Å². The molecule has 11 heteroatoms. The molecule has 0 spiro atoms. The van der Waals surface area contributed by atoms with Crippen LogP contribution in [0.1, 0.15) is 47.2 Å². The summed E-state index contributed by atoms with van der Waals surface area (Å²) in [5, 5.41) is 6.05.